The maximum Gasteiger partial charge on any atom is 0.407 e. The van der Waals surface area contributed by atoms with Crippen LogP contribution < -0.4 is 16.0 Å². The fraction of sp³-hybridized carbons (Fsp3) is 0.867. The summed E-state index contributed by atoms with van der Waals surface area (Å²) in [6, 6.07) is 0.281. The number of rotatable bonds is 9. The second-order valence-electron chi connectivity index (χ2n) is 6.58. The van der Waals surface area contributed by atoms with Crippen LogP contribution in [-0.2, 0) is 4.74 Å². The third-order valence-corrected chi connectivity index (χ3v) is 2.84. The molecule has 0 aliphatic heterocycles. The summed E-state index contributed by atoms with van der Waals surface area (Å²) in [5.74, 6) is 0. The van der Waals surface area contributed by atoms with Gasteiger partial charge in [-0.1, -0.05) is 0 Å². The van der Waals surface area contributed by atoms with Crippen molar-refractivity contribution in [1.29, 1.82) is 0 Å². The summed E-state index contributed by atoms with van der Waals surface area (Å²) in [7, 11) is 0. The summed E-state index contributed by atoms with van der Waals surface area (Å²) in [6.07, 6.45) is 1.12. The fourth-order valence-corrected chi connectivity index (χ4v) is 1.98. The zero-order valence-corrected chi connectivity index (χ0v) is 14.4. The molecule has 0 spiro atoms. The van der Waals surface area contributed by atoms with E-state index in [2.05, 4.69) is 22.9 Å². The van der Waals surface area contributed by atoms with Gasteiger partial charge in [0.1, 0.15) is 5.60 Å². The Hall–Kier alpha value is -1.50. The molecule has 0 fully saturated rings. The number of nitrogens with one attached hydrogen (secondary N) is 3. The molecule has 130 valence electrons. The first-order chi connectivity index (χ1) is 10.1. The Labute approximate surface area is 133 Å². The molecule has 22 heavy (non-hydrogen) atoms. The van der Waals surface area contributed by atoms with Crippen molar-refractivity contribution < 1.29 is 19.4 Å². The molecule has 0 aromatic rings. The van der Waals surface area contributed by atoms with Crippen LogP contribution in [-0.4, -0.2) is 48.1 Å². The Kier molecular flexibility index (Phi) is 9.56. The predicted molar refractivity (Wildman–Crippen MR) is 86.2 cm³/mol. The van der Waals surface area contributed by atoms with E-state index >= 15 is 0 Å². The Morgan fingerprint density at radius 1 is 1.09 bits per heavy atom. The average molecular weight is 317 g/mol. The number of hydrogen-bond acceptors (Lipinski definition) is 4. The van der Waals surface area contributed by atoms with Gasteiger partial charge in [0.05, 0.1) is 0 Å². The fourth-order valence-electron chi connectivity index (χ4n) is 1.98. The van der Waals surface area contributed by atoms with Crippen molar-refractivity contribution in [3.63, 3.8) is 0 Å². The highest BCUT2D eigenvalue weighted by atomic mass is 16.6. The molecule has 2 amide bonds. The molecule has 0 aromatic carbocycles. The molecule has 4 N–H and O–H groups in total. The predicted octanol–water partition coefficient (Wildman–Crippen LogP) is 2.32. The summed E-state index contributed by atoms with van der Waals surface area (Å²) in [4.78, 5) is 21.9. The molecule has 0 saturated heterocycles. The summed E-state index contributed by atoms with van der Waals surface area (Å²) in [5.41, 5.74) is -0.488. The van der Waals surface area contributed by atoms with Gasteiger partial charge >= 0.3 is 12.2 Å². The van der Waals surface area contributed by atoms with Gasteiger partial charge in [0, 0.05) is 18.6 Å². The van der Waals surface area contributed by atoms with Gasteiger partial charge in [-0.2, -0.15) is 0 Å². The van der Waals surface area contributed by atoms with Crippen molar-refractivity contribution in [3.8, 4) is 0 Å². The van der Waals surface area contributed by atoms with Crippen LogP contribution in [0.3, 0.4) is 0 Å². The van der Waals surface area contributed by atoms with Crippen LogP contribution in [0, 0.1) is 0 Å². The van der Waals surface area contributed by atoms with Crippen LogP contribution in [0.25, 0.3) is 0 Å². The normalized spacial score (nSPS) is 14.0. The number of amides is 2. The molecule has 0 radical (unpaired) electrons. The highest BCUT2D eigenvalue weighted by Crippen LogP contribution is 2.07. The number of hydrogen-bond donors (Lipinski definition) is 4. The van der Waals surface area contributed by atoms with E-state index in [1.165, 1.54) is 0 Å². The third-order valence-electron chi connectivity index (χ3n) is 2.84. The number of carbonyl (C=O) groups is 2. The molecule has 2 atom stereocenters. The van der Waals surface area contributed by atoms with Crippen molar-refractivity contribution in [2.24, 2.45) is 0 Å². The van der Waals surface area contributed by atoms with Crippen LogP contribution in [0.4, 0.5) is 9.59 Å². The molecule has 7 nitrogen and oxygen atoms in total. The van der Waals surface area contributed by atoms with Gasteiger partial charge in [-0.05, 0) is 60.4 Å². The molecular weight excluding hydrogens is 286 g/mol. The molecule has 0 bridgehead atoms. The van der Waals surface area contributed by atoms with Gasteiger partial charge in [0.2, 0.25) is 0 Å². The second-order valence-corrected chi connectivity index (χ2v) is 6.58. The Morgan fingerprint density at radius 2 is 1.68 bits per heavy atom. The molecule has 0 heterocycles. The Balaban J connectivity index is 3.71. The van der Waals surface area contributed by atoms with Gasteiger partial charge in [0.15, 0.2) is 0 Å². The van der Waals surface area contributed by atoms with Crippen LogP contribution >= 0.6 is 0 Å². The van der Waals surface area contributed by atoms with Crippen molar-refractivity contribution in [1.82, 2.24) is 16.0 Å². The number of carbonyl (C=O) groups excluding carboxylic acids is 1. The van der Waals surface area contributed by atoms with E-state index in [9.17, 15) is 9.59 Å². The topological polar surface area (TPSA) is 99.7 Å². The van der Waals surface area contributed by atoms with Crippen LogP contribution in [0.15, 0.2) is 0 Å². The molecule has 0 aliphatic carbocycles. The molecular formula is C15H31N3O4. The maximum absolute atomic E-state index is 11.6. The monoisotopic (exact) mass is 317 g/mol. The summed E-state index contributed by atoms with van der Waals surface area (Å²) < 4.78 is 5.21. The van der Waals surface area contributed by atoms with Crippen LogP contribution in [0.1, 0.15) is 53.9 Å². The van der Waals surface area contributed by atoms with Gasteiger partial charge in [-0.3, -0.25) is 0 Å². The Morgan fingerprint density at radius 3 is 2.23 bits per heavy atom. The standard InChI is InChI=1S/C15H31N3O4/c1-11(16-8-6-7-9-17-13(19)20)10-12(2)18-14(21)22-15(3,4)5/h11-12,16-17H,6-10H2,1-5H3,(H,18,21)(H,19,20). The zero-order valence-electron chi connectivity index (χ0n) is 14.4. The van der Waals surface area contributed by atoms with E-state index in [-0.39, 0.29) is 12.1 Å². The van der Waals surface area contributed by atoms with E-state index in [1.54, 1.807) is 0 Å². The molecule has 2 unspecified atom stereocenters. The van der Waals surface area contributed by atoms with E-state index in [0.29, 0.717) is 6.54 Å². The summed E-state index contributed by atoms with van der Waals surface area (Å²) >= 11 is 0. The minimum atomic E-state index is -0.983. The van der Waals surface area contributed by atoms with Crippen molar-refractivity contribution >= 4 is 12.2 Å². The lowest BCUT2D eigenvalue weighted by Gasteiger charge is -2.23. The maximum atomic E-state index is 11.6. The molecule has 0 aliphatic rings. The molecule has 7 heteroatoms. The Bertz CT molecular complexity index is 342. The van der Waals surface area contributed by atoms with Gasteiger partial charge < -0.3 is 25.8 Å². The lowest BCUT2D eigenvalue weighted by molar-refractivity contribution is 0.0504. The molecule has 0 aromatic heterocycles. The van der Waals surface area contributed by atoms with E-state index in [0.717, 1.165) is 25.8 Å². The highest BCUT2D eigenvalue weighted by molar-refractivity contribution is 5.68. The lowest BCUT2D eigenvalue weighted by atomic mass is 10.1. The number of ether oxygens (including phenoxy) is 1. The third kappa shape index (κ3) is 13.5. The van der Waals surface area contributed by atoms with Crippen LogP contribution in [0.2, 0.25) is 0 Å². The van der Waals surface area contributed by atoms with Gasteiger partial charge in [-0.15, -0.1) is 0 Å². The highest BCUT2D eigenvalue weighted by Gasteiger charge is 2.18. The first kappa shape index (κ1) is 20.5. The SMILES string of the molecule is CC(CC(C)NC(=O)OC(C)(C)C)NCCCCNC(=O)O. The number of unbranched alkanes of at least 4 members (excludes halogenated alkanes) is 1. The largest absolute Gasteiger partial charge is 0.465 e. The molecule has 0 rings (SSSR count). The van der Waals surface area contributed by atoms with E-state index < -0.39 is 17.8 Å². The van der Waals surface area contributed by atoms with Gasteiger partial charge in [-0.25, -0.2) is 9.59 Å². The number of alkyl carbamates (subject to hydrolysis) is 1. The lowest BCUT2D eigenvalue weighted by Crippen LogP contribution is -2.41. The van der Waals surface area contributed by atoms with Crippen molar-refractivity contribution in [2.75, 3.05) is 13.1 Å². The number of carboxylic acid groups (broad SMARTS) is 1. The zero-order chi connectivity index (χ0) is 17.2. The second kappa shape index (κ2) is 10.3. The summed E-state index contributed by atoms with van der Waals surface area (Å²) in [6.45, 7) is 10.8. The van der Waals surface area contributed by atoms with Crippen molar-refractivity contribution in [2.45, 2.75) is 71.6 Å². The quantitative estimate of drug-likeness (QED) is 0.489. The first-order valence-electron chi connectivity index (χ1n) is 7.80. The van der Waals surface area contributed by atoms with Gasteiger partial charge in [0.25, 0.3) is 0 Å². The summed E-state index contributed by atoms with van der Waals surface area (Å²) in [5, 5.41) is 16.9. The van der Waals surface area contributed by atoms with Crippen LogP contribution in [0.5, 0.6) is 0 Å². The minimum Gasteiger partial charge on any atom is -0.465 e. The first-order valence-corrected chi connectivity index (χ1v) is 7.80. The smallest absolute Gasteiger partial charge is 0.407 e. The van der Waals surface area contributed by atoms with Crippen molar-refractivity contribution in [3.05, 3.63) is 0 Å². The van der Waals surface area contributed by atoms with E-state index in [1.807, 2.05) is 27.7 Å². The average Bonchev–Trinajstić information content (AvgIpc) is 2.30. The minimum absolute atomic E-state index is 0.0195. The van der Waals surface area contributed by atoms with E-state index in [4.69, 9.17) is 9.84 Å². The molecule has 0 saturated carbocycles.